The molecule has 14 nitrogen and oxygen atoms in total. The topological polar surface area (TPSA) is 165 Å². The Labute approximate surface area is 227 Å². The molecule has 2 fully saturated rings. The van der Waals surface area contributed by atoms with Crippen LogP contribution in [0.3, 0.4) is 0 Å². The zero-order chi connectivity index (χ0) is 29.3. The summed E-state index contributed by atoms with van der Waals surface area (Å²) in [5.41, 5.74) is 0. The van der Waals surface area contributed by atoms with Crippen LogP contribution >= 0.6 is 0 Å². The normalized spacial score (nSPS) is 27.1. The average molecular weight is 561 g/mol. The number of amides is 1. The van der Waals surface area contributed by atoms with Gasteiger partial charge in [0.15, 0.2) is 12.2 Å². The van der Waals surface area contributed by atoms with E-state index in [1.165, 1.54) is 14.0 Å². The Hall–Kier alpha value is -2.81. The number of methoxy groups -OCH3 is 1. The summed E-state index contributed by atoms with van der Waals surface area (Å²) in [6, 6.07) is -1.49. The van der Waals surface area contributed by atoms with Gasteiger partial charge in [0.05, 0.1) is 32.5 Å². The molecule has 1 amide bonds. The number of morpholine rings is 1. The lowest BCUT2D eigenvalue weighted by molar-refractivity contribution is -0.318. The number of hydrogen-bond donors (Lipinski definition) is 1. The molecule has 2 heterocycles. The Balaban J connectivity index is 2.73. The SMILES string of the molecule is COC(=O)[C@@]1(OC(C)C)C[C@H](N2CCOCC2)[C@@H](NC(C)=O)[C@H]([C@H](OC(C)=O)[C@@H](COC(C)=O)OC(C)=O)O1. The van der Waals surface area contributed by atoms with E-state index in [0.717, 1.165) is 20.8 Å². The maximum Gasteiger partial charge on any atom is 0.366 e. The standard InChI is InChI=1S/C25H40N2O12/c1-14(2)38-25(24(32)33-7)12-19(27-8-10-34-11-9-27)21(26-15(3)28)23(39-25)22(37-18(6)31)20(36-17(5)30)13-35-16(4)29/h14,19-23H,8-13H2,1-7H3,(H,26,28)/t19-,20+,21+,22+,23+,25+/m0/s1. The number of hydrogen-bond acceptors (Lipinski definition) is 13. The second-order valence-corrected chi connectivity index (χ2v) is 9.66. The Morgan fingerprint density at radius 1 is 0.974 bits per heavy atom. The first-order valence-corrected chi connectivity index (χ1v) is 12.8. The lowest BCUT2D eigenvalue weighted by Crippen LogP contribution is -2.72. The lowest BCUT2D eigenvalue weighted by Gasteiger charge is -2.52. The van der Waals surface area contributed by atoms with Crippen molar-refractivity contribution in [3.05, 3.63) is 0 Å². The molecule has 0 spiro atoms. The zero-order valence-corrected chi connectivity index (χ0v) is 23.6. The second kappa shape index (κ2) is 14.5. The van der Waals surface area contributed by atoms with E-state index in [1.807, 2.05) is 4.90 Å². The highest BCUT2D eigenvalue weighted by molar-refractivity contribution is 5.78. The quantitative estimate of drug-likeness (QED) is 0.259. The molecular weight excluding hydrogens is 520 g/mol. The maximum absolute atomic E-state index is 13.3. The van der Waals surface area contributed by atoms with Crippen molar-refractivity contribution in [1.29, 1.82) is 0 Å². The molecule has 0 unspecified atom stereocenters. The number of rotatable bonds is 11. The molecule has 0 bridgehead atoms. The molecule has 2 saturated heterocycles. The van der Waals surface area contributed by atoms with E-state index >= 15 is 0 Å². The van der Waals surface area contributed by atoms with Crippen LogP contribution in [0.5, 0.6) is 0 Å². The van der Waals surface area contributed by atoms with Gasteiger partial charge in [-0.15, -0.1) is 0 Å². The fourth-order valence-corrected chi connectivity index (χ4v) is 4.86. The summed E-state index contributed by atoms with van der Waals surface area (Å²) in [6.45, 7) is 9.40. The molecular formula is C25H40N2O12. The van der Waals surface area contributed by atoms with Crippen molar-refractivity contribution in [2.75, 3.05) is 40.0 Å². The van der Waals surface area contributed by atoms with Gasteiger partial charge >= 0.3 is 23.9 Å². The molecule has 1 N–H and O–H groups in total. The highest BCUT2D eigenvalue weighted by Gasteiger charge is 2.59. The van der Waals surface area contributed by atoms with Crippen molar-refractivity contribution in [3.8, 4) is 0 Å². The van der Waals surface area contributed by atoms with Crippen LogP contribution in [-0.4, -0.2) is 117 Å². The first kappa shape index (κ1) is 32.4. The zero-order valence-electron chi connectivity index (χ0n) is 23.6. The highest BCUT2D eigenvalue weighted by atomic mass is 16.7. The molecule has 0 aliphatic carbocycles. The van der Waals surface area contributed by atoms with Crippen molar-refractivity contribution in [3.63, 3.8) is 0 Å². The van der Waals surface area contributed by atoms with Gasteiger partial charge in [-0.1, -0.05) is 0 Å². The van der Waals surface area contributed by atoms with Crippen LogP contribution in [0.1, 0.15) is 48.0 Å². The van der Waals surface area contributed by atoms with Gasteiger partial charge in [-0.3, -0.25) is 24.1 Å². The van der Waals surface area contributed by atoms with E-state index in [0.29, 0.717) is 26.3 Å². The Kier molecular flexibility index (Phi) is 12.1. The summed E-state index contributed by atoms with van der Waals surface area (Å²) in [5.74, 6) is -5.44. The molecule has 0 aromatic carbocycles. The Morgan fingerprint density at radius 2 is 1.59 bits per heavy atom. The number of esters is 4. The van der Waals surface area contributed by atoms with Crippen LogP contribution < -0.4 is 5.32 Å². The summed E-state index contributed by atoms with van der Waals surface area (Å²) >= 11 is 0. The van der Waals surface area contributed by atoms with Gasteiger partial charge in [0.2, 0.25) is 5.91 Å². The van der Waals surface area contributed by atoms with E-state index < -0.39 is 78.7 Å². The van der Waals surface area contributed by atoms with Crippen LogP contribution in [0.2, 0.25) is 0 Å². The molecule has 6 atom stereocenters. The molecule has 222 valence electrons. The summed E-state index contributed by atoms with van der Waals surface area (Å²) < 4.78 is 39.1. The number of carbonyl (C=O) groups is 5. The maximum atomic E-state index is 13.3. The minimum Gasteiger partial charge on any atom is -0.465 e. The van der Waals surface area contributed by atoms with Crippen LogP contribution in [0.15, 0.2) is 0 Å². The molecule has 0 radical (unpaired) electrons. The van der Waals surface area contributed by atoms with E-state index in [4.69, 9.17) is 33.2 Å². The molecule has 2 rings (SSSR count). The number of nitrogens with one attached hydrogen (secondary N) is 1. The first-order valence-electron chi connectivity index (χ1n) is 12.8. The molecule has 2 aliphatic rings. The minimum absolute atomic E-state index is 0.0474. The van der Waals surface area contributed by atoms with E-state index in [2.05, 4.69) is 5.32 Å². The number of nitrogens with zero attached hydrogens (tertiary/aromatic N) is 1. The molecule has 39 heavy (non-hydrogen) atoms. The molecule has 0 saturated carbocycles. The minimum atomic E-state index is -1.98. The fourth-order valence-electron chi connectivity index (χ4n) is 4.86. The number of ether oxygens (including phenoxy) is 7. The third kappa shape index (κ3) is 9.12. The third-order valence-corrected chi connectivity index (χ3v) is 6.14. The second-order valence-electron chi connectivity index (χ2n) is 9.66. The van der Waals surface area contributed by atoms with Gasteiger partial charge in [-0.05, 0) is 13.8 Å². The number of carbonyl (C=O) groups excluding carboxylic acids is 5. The summed E-state index contributed by atoms with van der Waals surface area (Å²) in [4.78, 5) is 63.7. The van der Waals surface area contributed by atoms with Crippen LogP contribution in [0, 0.1) is 0 Å². The summed E-state index contributed by atoms with van der Waals surface area (Å²) in [5, 5.41) is 2.86. The summed E-state index contributed by atoms with van der Waals surface area (Å²) in [7, 11) is 1.18. The highest BCUT2D eigenvalue weighted by Crippen LogP contribution is 2.38. The van der Waals surface area contributed by atoms with E-state index in [9.17, 15) is 24.0 Å². The van der Waals surface area contributed by atoms with Gasteiger partial charge in [-0.25, -0.2) is 4.79 Å². The smallest absolute Gasteiger partial charge is 0.366 e. The van der Waals surface area contributed by atoms with E-state index in [1.54, 1.807) is 13.8 Å². The Bertz CT molecular complexity index is 890. The average Bonchev–Trinajstić information content (AvgIpc) is 2.85. The van der Waals surface area contributed by atoms with Gasteiger partial charge in [-0.2, -0.15) is 0 Å². The Morgan fingerprint density at radius 3 is 2.08 bits per heavy atom. The van der Waals surface area contributed by atoms with Gasteiger partial charge < -0.3 is 38.5 Å². The molecule has 14 heteroatoms. The molecule has 2 aliphatic heterocycles. The van der Waals surface area contributed by atoms with Crippen molar-refractivity contribution >= 4 is 29.8 Å². The predicted molar refractivity (Wildman–Crippen MR) is 132 cm³/mol. The lowest BCUT2D eigenvalue weighted by atomic mass is 9.85. The first-order chi connectivity index (χ1) is 18.3. The third-order valence-electron chi connectivity index (χ3n) is 6.14. The van der Waals surface area contributed by atoms with Gasteiger partial charge in [0.1, 0.15) is 12.7 Å². The predicted octanol–water partition coefficient (Wildman–Crippen LogP) is -0.298. The fraction of sp³-hybridized carbons (Fsp3) is 0.800. The van der Waals surface area contributed by atoms with Crippen molar-refractivity contribution in [2.45, 2.75) is 90.2 Å². The van der Waals surface area contributed by atoms with Crippen molar-refractivity contribution in [2.24, 2.45) is 0 Å². The van der Waals surface area contributed by atoms with Crippen LogP contribution in [0.4, 0.5) is 0 Å². The van der Waals surface area contributed by atoms with Crippen molar-refractivity contribution < 1.29 is 57.1 Å². The van der Waals surface area contributed by atoms with Crippen LogP contribution in [-0.2, 0) is 57.1 Å². The monoisotopic (exact) mass is 560 g/mol. The van der Waals surface area contributed by atoms with Gasteiger partial charge in [0.25, 0.3) is 5.79 Å². The summed E-state index contributed by atoms with van der Waals surface area (Å²) in [6.07, 6.45) is -4.67. The largest absolute Gasteiger partial charge is 0.465 e. The van der Waals surface area contributed by atoms with Gasteiger partial charge in [0, 0.05) is 53.2 Å². The van der Waals surface area contributed by atoms with E-state index in [-0.39, 0.29) is 6.42 Å². The van der Waals surface area contributed by atoms with Crippen LogP contribution in [0.25, 0.3) is 0 Å². The van der Waals surface area contributed by atoms with Crippen molar-refractivity contribution in [1.82, 2.24) is 10.2 Å². The molecule has 0 aromatic rings. The molecule has 0 aromatic heterocycles.